The normalized spacial score (nSPS) is 11.5. The van der Waals surface area contributed by atoms with Crippen molar-refractivity contribution < 1.29 is 9.90 Å². The molecule has 0 aliphatic carbocycles. The summed E-state index contributed by atoms with van der Waals surface area (Å²) >= 11 is 0. The van der Waals surface area contributed by atoms with Gasteiger partial charge in [-0.1, -0.05) is 43.7 Å². The number of carboxylic acids is 1. The number of allylic oxidation sites excluding steroid dienone is 1. The third kappa shape index (κ3) is 2.55. The second kappa shape index (κ2) is 5.93. The predicted octanol–water partition coefficient (Wildman–Crippen LogP) is 4.29. The number of hydrogen-bond acceptors (Lipinski definition) is 3. The van der Waals surface area contributed by atoms with E-state index in [0.29, 0.717) is 11.0 Å². The van der Waals surface area contributed by atoms with Gasteiger partial charge in [-0.05, 0) is 24.6 Å². The Morgan fingerprint density at radius 1 is 1.09 bits per heavy atom. The van der Waals surface area contributed by atoms with Crippen LogP contribution in [0.3, 0.4) is 0 Å². The van der Waals surface area contributed by atoms with Gasteiger partial charge < -0.3 is 5.11 Å². The van der Waals surface area contributed by atoms with E-state index in [1.165, 1.54) is 0 Å². The first-order valence-corrected chi connectivity index (χ1v) is 7.30. The molecule has 1 N–H and O–H groups in total. The minimum atomic E-state index is -0.988. The smallest absolute Gasteiger partial charge is 0.337 e. The van der Waals surface area contributed by atoms with Gasteiger partial charge in [0.15, 0.2) is 0 Å². The number of aromatic carboxylic acids is 1. The highest BCUT2D eigenvalue weighted by Crippen LogP contribution is 2.22. The Kier molecular flexibility index (Phi) is 3.83. The molecule has 4 nitrogen and oxygen atoms in total. The predicted molar refractivity (Wildman–Crippen MR) is 87.9 cm³/mol. The maximum absolute atomic E-state index is 11.4. The Morgan fingerprint density at radius 2 is 1.82 bits per heavy atom. The van der Waals surface area contributed by atoms with Crippen LogP contribution in [0.1, 0.15) is 35.7 Å². The van der Waals surface area contributed by atoms with Crippen molar-refractivity contribution in [2.45, 2.75) is 19.8 Å². The van der Waals surface area contributed by atoms with Crippen LogP contribution in [-0.2, 0) is 0 Å². The largest absolute Gasteiger partial charge is 0.478 e. The number of carboxylic acid groups (broad SMARTS) is 1. The van der Waals surface area contributed by atoms with E-state index in [-0.39, 0.29) is 5.56 Å². The van der Waals surface area contributed by atoms with Gasteiger partial charge in [0.05, 0.1) is 22.1 Å². The molecule has 0 saturated heterocycles. The number of nitrogens with zero attached hydrogens (tertiary/aromatic N) is 2. The van der Waals surface area contributed by atoms with Crippen molar-refractivity contribution in [3.63, 3.8) is 0 Å². The van der Waals surface area contributed by atoms with Crippen molar-refractivity contribution in [3.05, 3.63) is 53.6 Å². The second-order valence-electron chi connectivity index (χ2n) is 5.11. The molecule has 3 aromatic rings. The van der Waals surface area contributed by atoms with Gasteiger partial charge in [0, 0.05) is 5.56 Å². The highest BCUT2D eigenvalue weighted by atomic mass is 16.4. The van der Waals surface area contributed by atoms with Crippen LogP contribution in [-0.4, -0.2) is 21.0 Å². The van der Waals surface area contributed by atoms with Crippen LogP contribution >= 0.6 is 0 Å². The van der Waals surface area contributed by atoms with Crippen molar-refractivity contribution in [2.24, 2.45) is 0 Å². The molecule has 0 saturated carbocycles. The zero-order chi connectivity index (χ0) is 15.5. The summed E-state index contributed by atoms with van der Waals surface area (Å²) in [6.07, 6.45) is 6.20. The molecule has 0 spiro atoms. The summed E-state index contributed by atoms with van der Waals surface area (Å²) in [4.78, 5) is 20.5. The molecule has 0 unspecified atom stereocenters. The first-order chi connectivity index (χ1) is 10.7. The van der Waals surface area contributed by atoms with Gasteiger partial charge in [-0.25, -0.2) is 14.8 Å². The number of benzene rings is 2. The molecule has 22 heavy (non-hydrogen) atoms. The maximum atomic E-state index is 11.4. The maximum Gasteiger partial charge on any atom is 0.337 e. The van der Waals surface area contributed by atoms with Gasteiger partial charge in [0.25, 0.3) is 0 Å². The van der Waals surface area contributed by atoms with Crippen LogP contribution in [0.15, 0.2) is 42.5 Å². The number of hydrogen-bond donors (Lipinski definition) is 1. The van der Waals surface area contributed by atoms with Gasteiger partial charge in [-0.15, -0.1) is 0 Å². The minimum absolute atomic E-state index is 0.180. The van der Waals surface area contributed by atoms with Gasteiger partial charge in [0.1, 0.15) is 5.52 Å². The molecule has 0 aliphatic heterocycles. The third-order valence-electron chi connectivity index (χ3n) is 3.51. The molecule has 0 atom stereocenters. The van der Waals surface area contributed by atoms with Gasteiger partial charge in [0.2, 0.25) is 0 Å². The monoisotopic (exact) mass is 292 g/mol. The van der Waals surface area contributed by atoms with Crippen molar-refractivity contribution in [1.29, 1.82) is 0 Å². The lowest BCUT2D eigenvalue weighted by atomic mass is 10.1. The summed E-state index contributed by atoms with van der Waals surface area (Å²) < 4.78 is 0. The van der Waals surface area contributed by atoms with Crippen LogP contribution in [0, 0.1) is 0 Å². The van der Waals surface area contributed by atoms with E-state index in [4.69, 9.17) is 0 Å². The third-order valence-corrected chi connectivity index (χ3v) is 3.51. The molecule has 2 aromatic carbocycles. The highest BCUT2D eigenvalue weighted by molar-refractivity contribution is 6.03. The second-order valence-corrected chi connectivity index (χ2v) is 5.11. The Labute approximate surface area is 128 Å². The summed E-state index contributed by atoms with van der Waals surface area (Å²) in [7, 11) is 0. The Balaban J connectivity index is 2.28. The Hall–Kier alpha value is -2.75. The first-order valence-electron chi connectivity index (χ1n) is 7.30. The molecule has 0 amide bonds. The fourth-order valence-corrected chi connectivity index (χ4v) is 2.43. The summed E-state index contributed by atoms with van der Waals surface area (Å²) in [6, 6.07) is 10.8. The number of aromatic nitrogens is 2. The molecule has 0 bridgehead atoms. The fraction of sp³-hybridized carbons (Fsp3) is 0.167. The molecule has 110 valence electrons. The molecular weight excluding hydrogens is 276 g/mol. The van der Waals surface area contributed by atoms with E-state index in [0.717, 1.165) is 29.4 Å². The topological polar surface area (TPSA) is 63.1 Å². The number of unbranched alkanes of at least 4 members (excludes halogenated alkanes) is 1. The lowest BCUT2D eigenvalue weighted by molar-refractivity contribution is 0.0699. The van der Waals surface area contributed by atoms with E-state index in [1.54, 1.807) is 18.2 Å². The molecule has 0 fully saturated rings. The Morgan fingerprint density at radius 3 is 2.55 bits per heavy atom. The van der Waals surface area contributed by atoms with Crippen LogP contribution < -0.4 is 0 Å². The SMILES string of the molecule is CCCC=Cc1cccc2nc3cccc(C(=O)O)c3nc12. The zero-order valence-electron chi connectivity index (χ0n) is 12.3. The lowest BCUT2D eigenvalue weighted by Gasteiger charge is -2.06. The molecular formula is C18H16N2O2. The molecule has 1 heterocycles. The standard InChI is InChI=1S/C18H16N2O2/c1-2-3-4-7-12-8-5-10-14-16(12)20-17-13(18(21)22)9-6-11-15(17)19-14/h4-11H,2-3H2,1H3,(H,21,22). The van der Waals surface area contributed by atoms with Crippen LogP contribution in [0.5, 0.6) is 0 Å². The average molecular weight is 292 g/mol. The summed E-state index contributed by atoms with van der Waals surface area (Å²) in [6.45, 7) is 2.12. The molecule has 0 aliphatic rings. The van der Waals surface area contributed by atoms with Gasteiger partial charge in [-0.2, -0.15) is 0 Å². The summed E-state index contributed by atoms with van der Waals surface area (Å²) in [5.41, 5.74) is 3.67. The lowest BCUT2D eigenvalue weighted by Crippen LogP contribution is -2.00. The van der Waals surface area contributed by atoms with Crippen LogP contribution in [0.2, 0.25) is 0 Å². The fourth-order valence-electron chi connectivity index (χ4n) is 2.43. The van der Waals surface area contributed by atoms with E-state index >= 15 is 0 Å². The average Bonchev–Trinajstić information content (AvgIpc) is 2.52. The van der Waals surface area contributed by atoms with E-state index in [2.05, 4.69) is 23.0 Å². The summed E-state index contributed by atoms with van der Waals surface area (Å²) in [5.74, 6) is -0.988. The Bertz CT molecular complexity index is 885. The van der Waals surface area contributed by atoms with Crippen molar-refractivity contribution in [1.82, 2.24) is 9.97 Å². The number of rotatable bonds is 4. The molecule has 4 heteroatoms. The number of fused-ring (bicyclic) bond motifs is 2. The molecule has 3 rings (SSSR count). The highest BCUT2D eigenvalue weighted by Gasteiger charge is 2.12. The zero-order valence-corrected chi connectivity index (χ0v) is 12.3. The van der Waals surface area contributed by atoms with Gasteiger partial charge in [-0.3, -0.25) is 0 Å². The van der Waals surface area contributed by atoms with Gasteiger partial charge >= 0.3 is 5.97 Å². The van der Waals surface area contributed by atoms with E-state index < -0.39 is 5.97 Å². The van der Waals surface area contributed by atoms with Crippen molar-refractivity contribution >= 4 is 34.1 Å². The van der Waals surface area contributed by atoms with E-state index in [1.807, 2.05) is 24.3 Å². The van der Waals surface area contributed by atoms with Crippen LogP contribution in [0.4, 0.5) is 0 Å². The van der Waals surface area contributed by atoms with E-state index in [9.17, 15) is 9.90 Å². The van der Waals surface area contributed by atoms with Crippen molar-refractivity contribution in [2.75, 3.05) is 0 Å². The minimum Gasteiger partial charge on any atom is -0.478 e. The number of para-hydroxylation sites is 2. The molecule has 0 radical (unpaired) electrons. The first kappa shape index (κ1) is 14.2. The number of carbonyl (C=O) groups is 1. The van der Waals surface area contributed by atoms with Crippen LogP contribution in [0.25, 0.3) is 28.1 Å². The van der Waals surface area contributed by atoms with Crippen molar-refractivity contribution in [3.8, 4) is 0 Å². The molecule has 1 aromatic heterocycles. The quantitative estimate of drug-likeness (QED) is 0.728. The summed E-state index contributed by atoms with van der Waals surface area (Å²) in [5, 5.41) is 9.32.